The summed E-state index contributed by atoms with van der Waals surface area (Å²) in [5, 5.41) is 12.6. The molecule has 1 N–H and O–H groups in total. The molecule has 1 unspecified atom stereocenters. The fourth-order valence-electron chi connectivity index (χ4n) is 2.47. The standard InChI is InChI=1S/C13H22N4O3S2/c1-3-22(19,20)17-8-4-5-11(9-17)13(18)14-7-6-12-16-15-10(2)21-12/h11H,3-9H2,1-2H3,(H,14,18). The second-order valence-corrected chi connectivity index (χ2v) is 8.88. The van der Waals surface area contributed by atoms with Crippen molar-refractivity contribution in [2.45, 2.75) is 33.1 Å². The fraction of sp³-hybridized carbons (Fsp3) is 0.769. The van der Waals surface area contributed by atoms with Crippen LogP contribution in [0.25, 0.3) is 0 Å². The van der Waals surface area contributed by atoms with Crippen LogP contribution in [0.3, 0.4) is 0 Å². The Morgan fingerprint density at radius 1 is 1.45 bits per heavy atom. The van der Waals surface area contributed by atoms with Gasteiger partial charge in [0.25, 0.3) is 0 Å². The van der Waals surface area contributed by atoms with Gasteiger partial charge in [0, 0.05) is 26.1 Å². The van der Waals surface area contributed by atoms with Crippen LogP contribution in [0, 0.1) is 12.8 Å². The summed E-state index contributed by atoms with van der Waals surface area (Å²) in [5.41, 5.74) is 0. The summed E-state index contributed by atoms with van der Waals surface area (Å²) in [5.74, 6) is -0.249. The van der Waals surface area contributed by atoms with Crippen LogP contribution < -0.4 is 5.32 Å². The fourth-order valence-corrected chi connectivity index (χ4v) is 4.36. The van der Waals surface area contributed by atoms with Gasteiger partial charge in [-0.1, -0.05) is 0 Å². The van der Waals surface area contributed by atoms with Gasteiger partial charge in [-0.15, -0.1) is 21.5 Å². The summed E-state index contributed by atoms with van der Waals surface area (Å²) in [6.45, 7) is 4.84. The number of hydrogen-bond acceptors (Lipinski definition) is 6. The molecular formula is C13H22N4O3S2. The minimum Gasteiger partial charge on any atom is -0.355 e. The first-order chi connectivity index (χ1) is 10.4. The molecule has 2 heterocycles. The maximum absolute atomic E-state index is 12.2. The highest BCUT2D eigenvalue weighted by atomic mass is 32.2. The van der Waals surface area contributed by atoms with Crippen molar-refractivity contribution in [1.29, 1.82) is 0 Å². The van der Waals surface area contributed by atoms with Gasteiger partial charge in [0.05, 0.1) is 11.7 Å². The molecular weight excluding hydrogens is 324 g/mol. The maximum Gasteiger partial charge on any atom is 0.224 e. The third-order valence-electron chi connectivity index (χ3n) is 3.72. The Morgan fingerprint density at radius 2 is 2.23 bits per heavy atom. The van der Waals surface area contributed by atoms with Gasteiger partial charge in [0.2, 0.25) is 15.9 Å². The number of sulfonamides is 1. The van der Waals surface area contributed by atoms with Crippen LogP contribution >= 0.6 is 11.3 Å². The smallest absolute Gasteiger partial charge is 0.224 e. The van der Waals surface area contributed by atoms with E-state index in [1.165, 1.54) is 15.6 Å². The van der Waals surface area contributed by atoms with Crippen molar-refractivity contribution in [1.82, 2.24) is 19.8 Å². The Hall–Kier alpha value is -1.06. The van der Waals surface area contributed by atoms with Crippen LogP contribution in [0.4, 0.5) is 0 Å². The molecule has 0 aromatic carbocycles. The normalized spacial score (nSPS) is 20.0. The lowest BCUT2D eigenvalue weighted by Gasteiger charge is -2.30. The SMILES string of the molecule is CCS(=O)(=O)N1CCCC(C(=O)NCCc2nnc(C)s2)C1. The molecule has 1 saturated heterocycles. The first kappa shape index (κ1) is 17.3. The summed E-state index contributed by atoms with van der Waals surface area (Å²) in [6.07, 6.45) is 2.12. The predicted octanol–water partition coefficient (Wildman–Crippen LogP) is 0.567. The summed E-state index contributed by atoms with van der Waals surface area (Å²) in [7, 11) is -3.21. The molecule has 1 atom stereocenters. The number of aromatic nitrogens is 2. The predicted molar refractivity (Wildman–Crippen MR) is 85.1 cm³/mol. The summed E-state index contributed by atoms with van der Waals surface area (Å²) in [4.78, 5) is 12.2. The van der Waals surface area contributed by atoms with Crippen molar-refractivity contribution in [3.05, 3.63) is 10.0 Å². The minimum absolute atomic E-state index is 0.0720. The molecule has 0 radical (unpaired) electrons. The minimum atomic E-state index is -3.21. The summed E-state index contributed by atoms with van der Waals surface area (Å²) >= 11 is 1.52. The van der Waals surface area contributed by atoms with E-state index in [1.54, 1.807) is 6.92 Å². The number of carbonyl (C=O) groups excluding carboxylic acids is 1. The van der Waals surface area contributed by atoms with E-state index in [4.69, 9.17) is 0 Å². The second kappa shape index (κ2) is 7.47. The summed E-state index contributed by atoms with van der Waals surface area (Å²) < 4.78 is 25.2. The van der Waals surface area contributed by atoms with Crippen molar-refractivity contribution < 1.29 is 13.2 Å². The van der Waals surface area contributed by atoms with Gasteiger partial charge in [-0.05, 0) is 26.7 Å². The highest BCUT2D eigenvalue weighted by Crippen LogP contribution is 2.19. The number of nitrogens with one attached hydrogen (secondary N) is 1. The Labute approximate surface area is 135 Å². The molecule has 0 spiro atoms. The molecule has 124 valence electrons. The first-order valence-corrected chi connectivity index (χ1v) is 9.89. The van der Waals surface area contributed by atoms with E-state index in [9.17, 15) is 13.2 Å². The van der Waals surface area contributed by atoms with Crippen LogP contribution in [0.15, 0.2) is 0 Å². The average molecular weight is 346 g/mol. The molecule has 0 aliphatic carbocycles. The number of nitrogens with zero attached hydrogens (tertiary/aromatic N) is 3. The zero-order chi connectivity index (χ0) is 16.2. The molecule has 0 bridgehead atoms. The molecule has 9 heteroatoms. The summed E-state index contributed by atoms with van der Waals surface area (Å²) in [6, 6.07) is 0. The molecule has 7 nitrogen and oxygen atoms in total. The van der Waals surface area contributed by atoms with Crippen molar-refractivity contribution in [2.75, 3.05) is 25.4 Å². The monoisotopic (exact) mass is 346 g/mol. The molecule has 1 aliphatic rings. The average Bonchev–Trinajstić information content (AvgIpc) is 2.92. The van der Waals surface area contributed by atoms with Gasteiger partial charge in [-0.25, -0.2) is 12.7 Å². The zero-order valence-corrected chi connectivity index (χ0v) is 14.5. The second-order valence-electron chi connectivity index (χ2n) is 5.35. The van der Waals surface area contributed by atoms with E-state index >= 15 is 0 Å². The van der Waals surface area contributed by atoms with Crippen molar-refractivity contribution in [2.24, 2.45) is 5.92 Å². The van der Waals surface area contributed by atoms with E-state index in [0.717, 1.165) is 22.9 Å². The van der Waals surface area contributed by atoms with Crippen LogP contribution in [0.2, 0.25) is 0 Å². The van der Waals surface area contributed by atoms with Crippen molar-refractivity contribution >= 4 is 27.3 Å². The van der Waals surface area contributed by atoms with E-state index in [1.807, 2.05) is 6.92 Å². The Kier molecular flexibility index (Phi) is 5.87. The van der Waals surface area contributed by atoms with Crippen LogP contribution in [-0.4, -0.2) is 54.2 Å². The molecule has 2 rings (SSSR count). The van der Waals surface area contributed by atoms with Crippen molar-refractivity contribution in [3.8, 4) is 0 Å². The number of amides is 1. The van der Waals surface area contributed by atoms with E-state index in [2.05, 4.69) is 15.5 Å². The molecule has 1 aromatic heterocycles. The van der Waals surface area contributed by atoms with Gasteiger partial charge >= 0.3 is 0 Å². The number of rotatable bonds is 6. The quantitative estimate of drug-likeness (QED) is 0.813. The molecule has 1 aliphatic heterocycles. The van der Waals surface area contributed by atoms with Crippen LogP contribution in [0.5, 0.6) is 0 Å². The third kappa shape index (κ3) is 4.47. The lowest BCUT2D eigenvalue weighted by atomic mass is 9.99. The van der Waals surface area contributed by atoms with Gasteiger partial charge in [0.15, 0.2) is 0 Å². The van der Waals surface area contributed by atoms with Gasteiger partial charge < -0.3 is 5.32 Å². The number of piperidine rings is 1. The third-order valence-corrected chi connectivity index (χ3v) is 6.47. The number of carbonyl (C=O) groups is 1. The molecule has 1 aromatic rings. The highest BCUT2D eigenvalue weighted by molar-refractivity contribution is 7.89. The molecule has 1 amide bonds. The largest absolute Gasteiger partial charge is 0.355 e. The molecule has 1 fully saturated rings. The first-order valence-electron chi connectivity index (χ1n) is 7.47. The maximum atomic E-state index is 12.2. The van der Waals surface area contributed by atoms with Crippen LogP contribution in [0.1, 0.15) is 29.8 Å². The molecule has 22 heavy (non-hydrogen) atoms. The Bertz CT molecular complexity index is 615. The number of hydrogen-bond donors (Lipinski definition) is 1. The zero-order valence-electron chi connectivity index (χ0n) is 12.9. The highest BCUT2D eigenvalue weighted by Gasteiger charge is 2.31. The van der Waals surface area contributed by atoms with Gasteiger partial charge in [-0.2, -0.15) is 0 Å². The van der Waals surface area contributed by atoms with Crippen LogP contribution in [-0.2, 0) is 21.2 Å². The lowest BCUT2D eigenvalue weighted by molar-refractivity contribution is -0.126. The van der Waals surface area contributed by atoms with E-state index < -0.39 is 10.0 Å². The Balaban J connectivity index is 1.82. The van der Waals surface area contributed by atoms with Gasteiger partial charge in [0.1, 0.15) is 10.0 Å². The molecule has 0 saturated carbocycles. The topological polar surface area (TPSA) is 92.3 Å². The lowest BCUT2D eigenvalue weighted by Crippen LogP contribution is -2.46. The van der Waals surface area contributed by atoms with E-state index in [0.29, 0.717) is 26.1 Å². The van der Waals surface area contributed by atoms with Crippen molar-refractivity contribution in [3.63, 3.8) is 0 Å². The number of aryl methyl sites for hydroxylation is 1. The Morgan fingerprint density at radius 3 is 2.86 bits per heavy atom. The van der Waals surface area contributed by atoms with Gasteiger partial charge in [-0.3, -0.25) is 4.79 Å². The van der Waals surface area contributed by atoms with E-state index in [-0.39, 0.29) is 17.6 Å².